The summed E-state index contributed by atoms with van der Waals surface area (Å²) in [5.74, 6) is -0.168. The van der Waals surface area contributed by atoms with Gasteiger partial charge in [-0.15, -0.1) is 0 Å². The Morgan fingerprint density at radius 2 is 2.25 bits per heavy atom. The topological polar surface area (TPSA) is 80.9 Å². The van der Waals surface area contributed by atoms with Crippen LogP contribution in [0.5, 0.6) is 0 Å². The van der Waals surface area contributed by atoms with E-state index >= 15 is 0 Å². The molecule has 1 amide bonds. The highest BCUT2D eigenvalue weighted by molar-refractivity contribution is 5.82. The van der Waals surface area contributed by atoms with Crippen molar-refractivity contribution < 1.29 is 4.79 Å². The van der Waals surface area contributed by atoms with Gasteiger partial charge < -0.3 is 11.1 Å². The fraction of sp³-hybridized carbons (Fsp3) is 0.545. The number of rotatable bonds is 3. The van der Waals surface area contributed by atoms with Gasteiger partial charge in [0.05, 0.1) is 18.3 Å². The van der Waals surface area contributed by atoms with Gasteiger partial charge in [-0.25, -0.2) is 0 Å². The van der Waals surface area contributed by atoms with E-state index in [-0.39, 0.29) is 11.3 Å². The number of carbonyl (C=O) groups excluding carboxylic acids is 1. The Hall–Kier alpha value is -1.49. The van der Waals surface area contributed by atoms with Crippen LogP contribution in [0.2, 0.25) is 0 Å². The number of carbonyl (C=O) groups is 1. The number of amides is 1. The highest BCUT2D eigenvalue weighted by atomic mass is 16.2. The predicted octanol–water partition coefficient (Wildman–Crippen LogP) is 0.466. The van der Waals surface area contributed by atoms with Crippen molar-refractivity contribution in [2.45, 2.75) is 33.4 Å². The van der Waals surface area contributed by atoms with E-state index in [4.69, 9.17) is 5.73 Å². The maximum Gasteiger partial charge on any atom is 0.237 e. The number of nitrogens with one attached hydrogen (secondary N) is 1. The quantitative estimate of drug-likeness (QED) is 0.778. The monoisotopic (exact) mass is 222 g/mol. The first kappa shape index (κ1) is 12.6. The molecule has 0 fully saturated rings. The van der Waals surface area contributed by atoms with Gasteiger partial charge in [-0.2, -0.15) is 10.2 Å². The lowest BCUT2D eigenvalue weighted by Gasteiger charge is -2.25. The number of hydrogen-bond acceptors (Lipinski definition) is 4. The molecule has 0 aliphatic carbocycles. The molecular weight excluding hydrogens is 204 g/mol. The van der Waals surface area contributed by atoms with Crippen LogP contribution in [0.3, 0.4) is 0 Å². The Kier molecular flexibility index (Phi) is 3.95. The third-order valence-corrected chi connectivity index (χ3v) is 2.29. The zero-order valence-electron chi connectivity index (χ0n) is 9.90. The molecule has 0 saturated carbocycles. The van der Waals surface area contributed by atoms with Crippen LogP contribution in [0.25, 0.3) is 0 Å². The van der Waals surface area contributed by atoms with Crippen molar-refractivity contribution >= 4 is 5.91 Å². The summed E-state index contributed by atoms with van der Waals surface area (Å²) in [6.45, 7) is 6.15. The van der Waals surface area contributed by atoms with E-state index < -0.39 is 6.04 Å². The van der Waals surface area contributed by atoms with Crippen LogP contribution < -0.4 is 11.1 Å². The molecule has 1 aromatic heterocycles. The Morgan fingerprint density at radius 1 is 1.56 bits per heavy atom. The number of nitrogens with two attached hydrogens (primary N) is 1. The van der Waals surface area contributed by atoms with Gasteiger partial charge in [-0.05, 0) is 17.5 Å². The molecule has 0 saturated heterocycles. The van der Waals surface area contributed by atoms with Crippen LogP contribution in [-0.2, 0) is 11.3 Å². The van der Waals surface area contributed by atoms with Crippen molar-refractivity contribution in [2.75, 3.05) is 0 Å². The molecule has 1 heterocycles. The first-order valence-corrected chi connectivity index (χ1v) is 5.21. The average molecular weight is 222 g/mol. The van der Waals surface area contributed by atoms with Crippen molar-refractivity contribution in [1.29, 1.82) is 0 Å². The van der Waals surface area contributed by atoms with Crippen LogP contribution in [0.15, 0.2) is 18.3 Å². The fourth-order valence-electron chi connectivity index (χ4n) is 1.11. The second-order valence-corrected chi connectivity index (χ2v) is 4.78. The summed E-state index contributed by atoms with van der Waals surface area (Å²) in [4.78, 5) is 11.7. The van der Waals surface area contributed by atoms with E-state index in [1.807, 2.05) is 20.8 Å². The molecule has 0 unspecified atom stereocenters. The maximum atomic E-state index is 11.7. The first-order valence-electron chi connectivity index (χ1n) is 5.21. The maximum absolute atomic E-state index is 11.7. The number of nitrogens with zero attached hydrogens (tertiary/aromatic N) is 2. The van der Waals surface area contributed by atoms with E-state index in [1.54, 1.807) is 18.3 Å². The first-order chi connectivity index (χ1) is 7.41. The van der Waals surface area contributed by atoms with Gasteiger partial charge in [0.1, 0.15) is 0 Å². The van der Waals surface area contributed by atoms with Gasteiger partial charge >= 0.3 is 0 Å². The lowest BCUT2D eigenvalue weighted by molar-refractivity contribution is -0.124. The fourth-order valence-corrected chi connectivity index (χ4v) is 1.11. The SMILES string of the molecule is CC(C)(C)[C@@H](N)C(=O)NCc1cccnn1. The minimum Gasteiger partial charge on any atom is -0.349 e. The lowest BCUT2D eigenvalue weighted by atomic mass is 9.87. The van der Waals surface area contributed by atoms with Crippen LogP contribution >= 0.6 is 0 Å². The molecular formula is C11H18N4O. The second kappa shape index (κ2) is 5.03. The summed E-state index contributed by atoms with van der Waals surface area (Å²) in [5.41, 5.74) is 6.29. The van der Waals surface area contributed by atoms with Crippen molar-refractivity contribution in [2.24, 2.45) is 11.1 Å². The zero-order valence-corrected chi connectivity index (χ0v) is 9.90. The Morgan fingerprint density at radius 3 is 2.75 bits per heavy atom. The lowest BCUT2D eigenvalue weighted by Crippen LogP contribution is -2.48. The largest absolute Gasteiger partial charge is 0.349 e. The van der Waals surface area contributed by atoms with Crippen molar-refractivity contribution in [3.63, 3.8) is 0 Å². The van der Waals surface area contributed by atoms with Gasteiger partial charge in [0.25, 0.3) is 0 Å². The second-order valence-electron chi connectivity index (χ2n) is 4.78. The number of aromatic nitrogens is 2. The third-order valence-electron chi connectivity index (χ3n) is 2.29. The molecule has 0 aromatic carbocycles. The summed E-state index contributed by atoms with van der Waals surface area (Å²) in [7, 11) is 0. The third kappa shape index (κ3) is 3.58. The summed E-state index contributed by atoms with van der Waals surface area (Å²) in [5, 5.41) is 10.3. The standard InChI is InChI=1S/C11H18N4O/c1-11(2,3)9(12)10(16)13-7-8-5-4-6-14-15-8/h4-6,9H,7,12H2,1-3H3,(H,13,16)/t9-/m0/s1. The average Bonchev–Trinajstić information content (AvgIpc) is 2.25. The molecule has 88 valence electrons. The molecule has 1 rings (SSSR count). The van der Waals surface area contributed by atoms with Crippen LogP contribution in [0.4, 0.5) is 0 Å². The summed E-state index contributed by atoms with van der Waals surface area (Å²) >= 11 is 0. The van der Waals surface area contributed by atoms with E-state index in [1.165, 1.54) is 0 Å². The van der Waals surface area contributed by atoms with Gasteiger partial charge in [0.2, 0.25) is 5.91 Å². The molecule has 1 atom stereocenters. The smallest absolute Gasteiger partial charge is 0.237 e. The summed E-state index contributed by atoms with van der Waals surface area (Å²) in [6.07, 6.45) is 1.59. The number of hydrogen-bond donors (Lipinski definition) is 2. The summed E-state index contributed by atoms with van der Waals surface area (Å²) in [6, 6.07) is 3.05. The Balaban J connectivity index is 2.48. The van der Waals surface area contributed by atoms with Crippen LogP contribution in [0, 0.1) is 5.41 Å². The van der Waals surface area contributed by atoms with E-state index in [0.29, 0.717) is 6.54 Å². The minimum absolute atomic E-state index is 0.168. The molecule has 5 nitrogen and oxygen atoms in total. The molecule has 0 bridgehead atoms. The molecule has 0 aliphatic rings. The minimum atomic E-state index is -0.524. The normalized spacial score (nSPS) is 13.2. The van der Waals surface area contributed by atoms with Crippen LogP contribution in [-0.4, -0.2) is 22.1 Å². The van der Waals surface area contributed by atoms with Gasteiger partial charge in [-0.1, -0.05) is 20.8 Å². The Labute approximate surface area is 95.4 Å². The zero-order chi connectivity index (χ0) is 12.2. The van der Waals surface area contributed by atoms with Crippen molar-refractivity contribution in [3.8, 4) is 0 Å². The molecule has 0 spiro atoms. The summed E-state index contributed by atoms with van der Waals surface area (Å²) < 4.78 is 0. The molecule has 1 aromatic rings. The van der Waals surface area contributed by atoms with E-state index in [0.717, 1.165) is 5.69 Å². The molecule has 16 heavy (non-hydrogen) atoms. The van der Waals surface area contributed by atoms with Gasteiger partial charge in [-0.3, -0.25) is 4.79 Å². The predicted molar refractivity (Wildman–Crippen MR) is 61.3 cm³/mol. The molecule has 5 heteroatoms. The van der Waals surface area contributed by atoms with Crippen LogP contribution in [0.1, 0.15) is 26.5 Å². The Bertz CT molecular complexity index is 345. The van der Waals surface area contributed by atoms with Crippen molar-refractivity contribution in [1.82, 2.24) is 15.5 Å². The molecule has 3 N–H and O–H groups in total. The van der Waals surface area contributed by atoms with Gasteiger partial charge in [0.15, 0.2) is 0 Å². The van der Waals surface area contributed by atoms with E-state index in [9.17, 15) is 4.79 Å². The van der Waals surface area contributed by atoms with Gasteiger partial charge in [0, 0.05) is 6.20 Å². The molecule has 0 aliphatic heterocycles. The van der Waals surface area contributed by atoms with Crippen molar-refractivity contribution in [3.05, 3.63) is 24.0 Å². The van der Waals surface area contributed by atoms with E-state index in [2.05, 4.69) is 15.5 Å². The highest BCUT2D eigenvalue weighted by Gasteiger charge is 2.27. The molecule has 0 radical (unpaired) electrons. The highest BCUT2D eigenvalue weighted by Crippen LogP contribution is 2.17.